The summed E-state index contributed by atoms with van der Waals surface area (Å²) in [6.45, 7) is 5.86. The van der Waals surface area contributed by atoms with Gasteiger partial charge in [-0.3, -0.25) is 4.57 Å². The van der Waals surface area contributed by atoms with Gasteiger partial charge in [0.1, 0.15) is 0 Å². The lowest BCUT2D eigenvalue weighted by Gasteiger charge is -2.07. The maximum Gasteiger partial charge on any atom is 0.477 e. The smallest absolute Gasteiger partial charge is 0.321 e. The van der Waals surface area contributed by atoms with Gasteiger partial charge in [0.25, 0.3) is 0 Å². The van der Waals surface area contributed by atoms with E-state index < -0.39 is 15.4 Å². The van der Waals surface area contributed by atoms with Crippen molar-refractivity contribution in [2.45, 2.75) is 33.6 Å². The van der Waals surface area contributed by atoms with Gasteiger partial charge in [0.2, 0.25) is 0 Å². The van der Waals surface area contributed by atoms with E-state index in [4.69, 9.17) is 14.7 Å². The highest BCUT2D eigenvalue weighted by Crippen LogP contribution is 2.57. The molecule has 110 valence electrons. The van der Waals surface area contributed by atoms with Crippen LogP contribution in [0.15, 0.2) is 35.2 Å². The van der Waals surface area contributed by atoms with Crippen LogP contribution in [0.4, 0.5) is 0 Å². The molecule has 0 aliphatic rings. The Labute approximate surface area is 113 Å². The van der Waals surface area contributed by atoms with Gasteiger partial charge in [-0.05, 0) is 33.6 Å². The van der Waals surface area contributed by atoms with E-state index in [1.165, 1.54) is 11.6 Å². The second kappa shape index (κ2) is 7.95. The Morgan fingerprint density at radius 3 is 2.21 bits per heavy atom. The molecule has 0 spiro atoms. The van der Waals surface area contributed by atoms with Crippen LogP contribution in [-0.2, 0) is 13.4 Å². The Balaban J connectivity index is 4.44. The lowest BCUT2D eigenvalue weighted by Crippen LogP contribution is -1.84. The van der Waals surface area contributed by atoms with Crippen LogP contribution in [-0.4, -0.2) is 14.7 Å². The van der Waals surface area contributed by atoms with Crippen molar-refractivity contribution in [3.63, 3.8) is 0 Å². The standard InChI is InChI=1S/C11H20O6P2/c1-10(2)6-4-7-11(3)8-5-9-18(12,13)17-19(14,15)16/h5-6,8-9H,4,7H2,1-3H3,(H,12,13)(H2,14,15,16). The van der Waals surface area contributed by atoms with E-state index in [1.54, 1.807) is 6.08 Å². The molecule has 0 saturated heterocycles. The van der Waals surface area contributed by atoms with Crippen molar-refractivity contribution < 1.29 is 28.1 Å². The number of allylic oxidation sites excluding steroid dienone is 5. The Kier molecular flexibility index (Phi) is 7.75. The SMILES string of the molecule is CC(C)=CCCC(C)=CC=CP(=O)(O)OP(=O)(O)O. The molecule has 0 aromatic heterocycles. The van der Waals surface area contributed by atoms with E-state index in [1.807, 2.05) is 20.8 Å². The van der Waals surface area contributed by atoms with Crippen molar-refractivity contribution in [3.8, 4) is 0 Å². The highest BCUT2D eigenvalue weighted by molar-refractivity contribution is 7.65. The predicted molar refractivity (Wildman–Crippen MR) is 74.5 cm³/mol. The van der Waals surface area contributed by atoms with Crippen LogP contribution in [0.1, 0.15) is 33.6 Å². The summed E-state index contributed by atoms with van der Waals surface area (Å²) in [6, 6.07) is 0. The molecule has 0 aromatic rings. The zero-order valence-electron chi connectivity index (χ0n) is 11.2. The third-order valence-electron chi connectivity index (χ3n) is 1.97. The average molecular weight is 310 g/mol. The van der Waals surface area contributed by atoms with Gasteiger partial charge in [-0.2, -0.15) is 0 Å². The van der Waals surface area contributed by atoms with E-state index in [0.29, 0.717) is 0 Å². The van der Waals surface area contributed by atoms with Crippen molar-refractivity contribution in [2.75, 3.05) is 0 Å². The van der Waals surface area contributed by atoms with Crippen LogP contribution < -0.4 is 0 Å². The van der Waals surface area contributed by atoms with Gasteiger partial charge in [0.05, 0.1) is 0 Å². The van der Waals surface area contributed by atoms with E-state index in [9.17, 15) is 9.13 Å². The highest BCUT2D eigenvalue weighted by Gasteiger charge is 2.27. The minimum absolute atomic E-state index is 0.747. The molecule has 0 aliphatic carbocycles. The fourth-order valence-electron chi connectivity index (χ4n) is 1.17. The summed E-state index contributed by atoms with van der Waals surface area (Å²) >= 11 is 0. The quantitative estimate of drug-likeness (QED) is 0.378. The van der Waals surface area contributed by atoms with Gasteiger partial charge in [-0.25, -0.2) is 8.88 Å². The molecular weight excluding hydrogens is 290 g/mol. The van der Waals surface area contributed by atoms with Crippen molar-refractivity contribution in [1.29, 1.82) is 0 Å². The Morgan fingerprint density at radius 1 is 1.16 bits per heavy atom. The largest absolute Gasteiger partial charge is 0.477 e. The lowest BCUT2D eigenvalue weighted by atomic mass is 10.1. The van der Waals surface area contributed by atoms with Crippen molar-refractivity contribution in [2.24, 2.45) is 0 Å². The average Bonchev–Trinajstić information content (AvgIpc) is 2.12. The molecule has 0 bridgehead atoms. The van der Waals surface area contributed by atoms with Gasteiger partial charge < -0.3 is 14.7 Å². The van der Waals surface area contributed by atoms with Gasteiger partial charge in [0, 0.05) is 5.82 Å². The summed E-state index contributed by atoms with van der Waals surface area (Å²) < 4.78 is 25.4. The summed E-state index contributed by atoms with van der Waals surface area (Å²) in [5.74, 6) is 0.747. The first kappa shape index (κ1) is 18.5. The van der Waals surface area contributed by atoms with Gasteiger partial charge in [-0.15, -0.1) is 0 Å². The molecule has 19 heavy (non-hydrogen) atoms. The molecule has 1 atom stereocenters. The van der Waals surface area contributed by atoms with E-state index in [2.05, 4.69) is 10.4 Å². The van der Waals surface area contributed by atoms with E-state index in [-0.39, 0.29) is 0 Å². The first-order chi connectivity index (χ1) is 8.52. The fourth-order valence-corrected chi connectivity index (χ4v) is 2.91. The molecule has 3 N–H and O–H groups in total. The van der Waals surface area contributed by atoms with Gasteiger partial charge in [0.15, 0.2) is 0 Å². The van der Waals surface area contributed by atoms with Crippen LogP contribution >= 0.6 is 15.4 Å². The lowest BCUT2D eigenvalue weighted by molar-refractivity contribution is 0.267. The topological polar surface area (TPSA) is 104 Å². The number of hydrogen-bond donors (Lipinski definition) is 3. The highest BCUT2D eigenvalue weighted by atomic mass is 31.3. The van der Waals surface area contributed by atoms with Gasteiger partial charge >= 0.3 is 15.4 Å². The zero-order valence-corrected chi connectivity index (χ0v) is 13.0. The summed E-state index contributed by atoms with van der Waals surface area (Å²) in [5, 5.41) is 0. The molecule has 0 radical (unpaired) electrons. The Hall–Kier alpha value is -0.480. The van der Waals surface area contributed by atoms with Crippen LogP contribution in [0.5, 0.6) is 0 Å². The van der Waals surface area contributed by atoms with Crippen molar-refractivity contribution in [3.05, 3.63) is 35.2 Å². The second-order valence-corrected chi connectivity index (χ2v) is 7.37. The predicted octanol–water partition coefficient (Wildman–Crippen LogP) is 3.49. The maximum absolute atomic E-state index is 11.2. The number of hydrogen-bond acceptors (Lipinski definition) is 3. The zero-order chi connectivity index (χ0) is 15.1. The van der Waals surface area contributed by atoms with Crippen molar-refractivity contribution in [1.82, 2.24) is 0 Å². The van der Waals surface area contributed by atoms with Crippen LogP contribution in [0, 0.1) is 0 Å². The first-order valence-corrected chi connectivity index (χ1v) is 8.77. The number of phosphoric acid groups is 1. The fraction of sp³-hybridized carbons (Fsp3) is 0.455. The summed E-state index contributed by atoms with van der Waals surface area (Å²) in [5.41, 5.74) is 2.20. The molecule has 0 amide bonds. The molecule has 8 heteroatoms. The summed E-state index contributed by atoms with van der Waals surface area (Å²) in [7, 11) is -9.38. The molecule has 1 unspecified atom stereocenters. The maximum atomic E-state index is 11.2. The molecule has 0 heterocycles. The van der Waals surface area contributed by atoms with Crippen LogP contribution in [0.2, 0.25) is 0 Å². The molecule has 0 saturated carbocycles. The normalized spacial score (nSPS) is 16.4. The monoisotopic (exact) mass is 310 g/mol. The molecule has 0 aromatic carbocycles. The minimum Gasteiger partial charge on any atom is -0.321 e. The van der Waals surface area contributed by atoms with Crippen molar-refractivity contribution >= 4 is 15.4 Å². The number of rotatable bonds is 7. The summed E-state index contributed by atoms with van der Waals surface area (Å²) in [6.07, 6.45) is 6.60. The van der Waals surface area contributed by atoms with E-state index in [0.717, 1.165) is 24.2 Å². The molecule has 6 nitrogen and oxygen atoms in total. The first-order valence-electron chi connectivity index (χ1n) is 5.59. The van der Waals surface area contributed by atoms with Crippen LogP contribution in [0.3, 0.4) is 0 Å². The molecule has 0 aliphatic heterocycles. The molecule has 0 fully saturated rings. The third-order valence-corrected chi connectivity index (χ3v) is 4.31. The Morgan fingerprint density at radius 2 is 1.74 bits per heavy atom. The molecule has 0 rings (SSSR count). The summed E-state index contributed by atoms with van der Waals surface area (Å²) in [4.78, 5) is 26.0. The second-order valence-electron chi connectivity index (χ2n) is 4.31. The minimum atomic E-state index is -4.97. The van der Waals surface area contributed by atoms with Crippen LogP contribution in [0.25, 0.3) is 0 Å². The third kappa shape index (κ3) is 12.3. The Bertz CT molecular complexity index is 468. The van der Waals surface area contributed by atoms with Gasteiger partial charge in [-0.1, -0.05) is 29.4 Å². The molecular formula is C11H20O6P2. The van der Waals surface area contributed by atoms with E-state index >= 15 is 0 Å².